The average Bonchev–Trinajstić information content (AvgIpc) is 1.89. The molecule has 0 radical (unpaired) electrons. The smallest absolute Gasteiger partial charge is 0.167 e. The first-order valence-electron chi connectivity index (χ1n) is 2.04. The molecule has 0 rings (SSSR count). The monoisotopic (exact) mass is 198 g/mol. The second kappa shape index (κ2) is 9.04. The first-order valence-corrected chi connectivity index (χ1v) is 3.11. The molecule has 10 heavy (non-hydrogen) atoms. The minimum Gasteiger partial charge on any atom is -0.167 e. The van der Waals surface area contributed by atoms with Crippen molar-refractivity contribution in [3.8, 4) is 0 Å². The SMILES string of the molecule is ClCCCl.FC(F)=C(F)F. The van der Waals surface area contributed by atoms with Gasteiger partial charge >= 0.3 is 12.2 Å². The van der Waals surface area contributed by atoms with Crippen molar-refractivity contribution < 1.29 is 17.6 Å². The quantitative estimate of drug-likeness (QED) is 0.448. The van der Waals surface area contributed by atoms with E-state index in [0.29, 0.717) is 11.8 Å². The zero-order valence-corrected chi connectivity index (χ0v) is 6.19. The molecule has 0 N–H and O–H groups in total. The second-order valence-corrected chi connectivity index (χ2v) is 1.65. The molecular formula is C4H4Cl2F4. The summed E-state index contributed by atoms with van der Waals surface area (Å²) >= 11 is 10.1. The van der Waals surface area contributed by atoms with Crippen LogP contribution in [0.1, 0.15) is 0 Å². The van der Waals surface area contributed by atoms with Crippen molar-refractivity contribution in [2.24, 2.45) is 0 Å². The van der Waals surface area contributed by atoms with Gasteiger partial charge in [-0.15, -0.1) is 23.2 Å². The van der Waals surface area contributed by atoms with Gasteiger partial charge in [0.1, 0.15) is 0 Å². The molecule has 0 fully saturated rings. The summed E-state index contributed by atoms with van der Waals surface area (Å²) in [6.07, 6.45) is -5.81. The zero-order chi connectivity index (χ0) is 8.57. The van der Waals surface area contributed by atoms with Crippen molar-refractivity contribution in [2.45, 2.75) is 0 Å². The molecule has 0 aromatic rings. The van der Waals surface area contributed by atoms with E-state index in [-0.39, 0.29) is 0 Å². The Morgan fingerprint density at radius 2 is 1.00 bits per heavy atom. The van der Waals surface area contributed by atoms with Gasteiger partial charge in [0, 0.05) is 11.8 Å². The molecule has 0 nitrogen and oxygen atoms in total. The molecule has 0 unspecified atom stereocenters. The molecule has 6 heteroatoms. The van der Waals surface area contributed by atoms with E-state index >= 15 is 0 Å². The van der Waals surface area contributed by atoms with Crippen molar-refractivity contribution in [1.82, 2.24) is 0 Å². The zero-order valence-electron chi connectivity index (χ0n) is 4.68. The van der Waals surface area contributed by atoms with Crippen LogP contribution in [-0.4, -0.2) is 11.8 Å². The van der Waals surface area contributed by atoms with Crippen molar-refractivity contribution in [1.29, 1.82) is 0 Å². The van der Waals surface area contributed by atoms with Crippen LogP contribution in [0.25, 0.3) is 0 Å². The van der Waals surface area contributed by atoms with Crippen LogP contribution in [0.3, 0.4) is 0 Å². The Labute approximate surface area is 65.4 Å². The van der Waals surface area contributed by atoms with Crippen LogP contribution in [0.2, 0.25) is 0 Å². The van der Waals surface area contributed by atoms with Crippen LogP contribution in [0, 0.1) is 0 Å². The summed E-state index contributed by atoms with van der Waals surface area (Å²) in [5, 5.41) is 0. The summed E-state index contributed by atoms with van der Waals surface area (Å²) < 4.78 is 41.1. The lowest BCUT2D eigenvalue weighted by Crippen LogP contribution is -1.63. The average molecular weight is 199 g/mol. The number of alkyl halides is 2. The van der Waals surface area contributed by atoms with E-state index in [0.717, 1.165) is 0 Å². The van der Waals surface area contributed by atoms with Crippen molar-refractivity contribution in [2.75, 3.05) is 11.8 Å². The van der Waals surface area contributed by atoms with E-state index in [1.165, 1.54) is 0 Å². The minimum absolute atomic E-state index is 0.557. The summed E-state index contributed by atoms with van der Waals surface area (Å²) in [6, 6.07) is 0. The van der Waals surface area contributed by atoms with Gasteiger partial charge in [-0.3, -0.25) is 0 Å². The number of rotatable bonds is 1. The molecule has 0 saturated carbocycles. The highest BCUT2D eigenvalue weighted by Crippen LogP contribution is 2.08. The maximum atomic E-state index is 10.3. The number of hydrogen-bond acceptors (Lipinski definition) is 0. The summed E-state index contributed by atoms with van der Waals surface area (Å²) in [7, 11) is 0. The normalized spacial score (nSPS) is 7.80. The molecular weight excluding hydrogens is 195 g/mol. The second-order valence-electron chi connectivity index (χ2n) is 0.899. The largest absolute Gasteiger partial charge is 0.334 e. The third-order valence-electron chi connectivity index (χ3n) is 0.214. The lowest BCUT2D eigenvalue weighted by Gasteiger charge is -1.69. The van der Waals surface area contributed by atoms with E-state index in [2.05, 4.69) is 0 Å². The molecule has 0 aromatic carbocycles. The van der Waals surface area contributed by atoms with Gasteiger partial charge < -0.3 is 0 Å². The first-order chi connectivity index (χ1) is 4.56. The minimum atomic E-state index is -2.91. The van der Waals surface area contributed by atoms with E-state index in [9.17, 15) is 17.6 Å². The topological polar surface area (TPSA) is 0 Å². The Hall–Kier alpha value is 0.0400. The van der Waals surface area contributed by atoms with Gasteiger partial charge in [-0.05, 0) is 0 Å². The van der Waals surface area contributed by atoms with E-state index in [1.54, 1.807) is 0 Å². The summed E-state index contributed by atoms with van der Waals surface area (Å²) in [4.78, 5) is 0. The van der Waals surface area contributed by atoms with Crippen LogP contribution in [0.15, 0.2) is 12.2 Å². The van der Waals surface area contributed by atoms with Gasteiger partial charge in [0.05, 0.1) is 0 Å². The summed E-state index contributed by atoms with van der Waals surface area (Å²) in [5.74, 6) is 1.11. The maximum absolute atomic E-state index is 10.3. The highest BCUT2D eigenvalue weighted by atomic mass is 35.5. The van der Waals surface area contributed by atoms with Crippen LogP contribution in [-0.2, 0) is 0 Å². The Bertz CT molecular complexity index is 83.4. The predicted molar refractivity (Wildman–Crippen MR) is 32.9 cm³/mol. The van der Waals surface area contributed by atoms with Crippen LogP contribution >= 0.6 is 23.2 Å². The van der Waals surface area contributed by atoms with Gasteiger partial charge in [-0.25, -0.2) is 0 Å². The molecule has 0 atom stereocenters. The van der Waals surface area contributed by atoms with Gasteiger partial charge in [0.25, 0.3) is 0 Å². The third-order valence-corrected chi connectivity index (χ3v) is 0.786. The Morgan fingerprint density at radius 3 is 1.00 bits per heavy atom. The lowest BCUT2D eigenvalue weighted by atomic mass is 11.0. The van der Waals surface area contributed by atoms with E-state index in [4.69, 9.17) is 23.2 Å². The van der Waals surface area contributed by atoms with E-state index < -0.39 is 12.2 Å². The van der Waals surface area contributed by atoms with Crippen molar-refractivity contribution >= 4 is 23.2 Å². The fraction of sp³-hybridized carbons (Fsp3) is 0.500. The molecule has 0 spiro atoms. The maximum Gasteiger partial charge on any atom is 0.334 e. The Kier molecular flexibility index (Phi) is 11.5. The molecule has 0 bridgehead atoms. The molecule has 0 aliphatic heterocycles. The predicted octanol–water partition coefficient (Wildman–Crippen LogP) is 3.46. The van der Waals surface area contributed by atoms with Gasteiger partial charge in [-0.2, -0.15) is 17.6 Å². The molecule has 0 amide bonds. The molecule has 0 aromatic heterocycles. The Balaban J connectivity index is 0. The third kappa shape index (κ3) is 15.7. The highest BCUT2D eigenvalue weighted by molar-refractivity contribution is 6.25. The standard InChI is InChI=1S/C2H4Cl2.C2F4/c3-1-2-4;3-1(4)2(5)6/h1-2H2;. The summed E-state index contributed by atoms with van der Waals surface area (Å²) in [6.45, 7) is 0. The number of hydrogen-bond donors (Lipinski definition) is 0. The van der Waals surface area contributed by atoms with Crippen LogP contribution < -0.4 is 0 Å². The van der Waals surface area contributed by atoms with Gasteiger partial charge in [0.15, 0.2) is 0 Å². The fourth-order valence-electron chi connectivity index (χ4n) is 0. The molecule has 0 aliphatic carbocycles. The van der Waals surface area contributed by atoms with Crippen molar-refractivity contribution in [3.05, 3.63) is 12.2 Å². The van der Waals surface area contributed by atoms with Crippen LogP contribution in [0.4, 0.5) is 17.6 Å². The van der Waals surface area contributed by atoms with E-state index in [1.807, 2.05) is 0 Å². The van der Waals surface area contributed by atoms with Gasteiger partial charge in [0.2, 0.25) is 0 Å². The van der Waals surface area contributed by atoms with Crippen molar-refractivity contribution in [3.63, 3.8) is 0 Å². The van der Waals surface area contributed by atoms with Gasteiger partial charge in [-0.1, -0.05) is 0 Å². The molecule has 0 heterocycles. The van der Waals surface area contributed by atoms with Crippen LogP contribution in [0.5, 0.6) is 0 Å². The highest BCUT2D eigenvalue weighted by Gasteiger charge is 1.98. The molecule has 0 aliphatic rings. The molecule has 0 saturated heterocycles. The lowest BCUT2D eigenvalue weighted by molar-refractivity contribution is 0.308. The fourth-order valence-corrected chi connectivity index (χ4v) is 0. The number of halogens is 6. The summed E-state index contributed by atoms with van der Waals surface area (Å²) in [5.41, 5.74) is 0. The first kappa shape index (κ1) is 12.7. The molecule has 62 valence electrons. The Morgan fingerprint density at radius 1 is 0.800 bits per heavy atom.